The van der Waals surface area contributed by atoms with E-state index in [1.165, 1.54) is 38.5 Å². The van der Waals surface area contributed by atoms with Gasteiger partial charge in [0.1, 0.15) is 0 Å². The molecule has 0 heteroatoms. The molecule has 0 saturated carbocycles. The van der Waals surface area contributed by atoms with Crippen molar-refractivity contribution in [3.8, 4) is 0 Å². The number of hydrogen-bond acceptors (Lipinski definition) is 0. The first-order chi connectivity index (χ1) is 8.58. The Morgan fingerprint density at radius 1 is 0.889 bits per heavy atom. The van der Waals surface area contributed by atoms with Gasteiger partial charge in [0, 0.05) is 0 Å². The Morgan fingerprint density at radius 3 is 2.00 bits per heavy atom. The van der Waals surface area contributed by atoms with Gasteiger partial charge in [0.2, 0.25) is 0 Å². The highest BCUT2D eigenvalue weighted by molar-refractivity contribution is 4.81. The minimum atomic E-state index is 0.823. The van der Waals surface area contributed by atoms with Gasteiger partial charge in [-0.15, -0.1) is 0 Å². The predicted molar refractivity (Wildman–Crippen MR) is 84.8 cm³/mol. The van der Waals surface area contributed by atoms with Crippen molar-refractivity contribution < 1.29 is 0 Å². The van der Waals surface area contributed by atoms with Crippen molar-refractivity contribution in [2.75, 3.05) is 0 Å². The molecule has 0 spiro atoms. The van der Waals surface area contributed by atoms with Crippen molar-refractivity contribution in [3.05, 3.63) is 12.2 Å². The molecule has 0 saturated heterocycles. The van der Waals surface area contributed by atoms with Crippen LogP contribution in [0.25, 0.3) is 0 Å². The number of unbranched alkanes of at least 4 members (excludes halogenated alkanes) is 1. The predicted octanol–water partition coefficient (Wildman–Crippen LogP) is 6.47. The van der Waals surface area contributed by atoms with Crippen LogP contribution in [0, 0.1) is 23.7 Å². The summed E-state index contributed by atoms with van der Waals surface area (Å²) >= 11 is 0. The standard InChI is InChI=1S/C18H36/c1-7-10-11-12-13-14-17(8-2)18(9-3)16(6)15(4)5/h10-11,15-18H,7-9,12-14H2,1-6H3. The van der Waals surface area contributed by atoms with Crippen molar-refractivity contribution in [2.45, 2.75) is 80.1 Å². The maximum absolute atomic E-state index is 2.46. The van der Waals surface area contributed by atoms with E-state index in [9.17, 15) is 0 Å². The Labute approximate surface area is 116 Å². The van der Waals surface area contributed by atoms with Crippen LogP contribution in [0.1, 0.15) is 80.1 Å². The Hall–Kier alpha value is -0.260. The van der Waals surface area contributed by atoms with Gasteiger partial charge >= 0.3 is 0 Å². The number of hydrogen-bond donors (Lipinski definition) is 0. The van der Waals surface area contributed by atoms with Gasteiger partial charge in [-0.25, -0.2) is 0 Å². The first-order valence-corrected chi connectivity index (χ1v) is 8.23. The zero-order valence-corrected chi connectivity index (χ0v) is 13.7. The molecule has 0 bridgehead atoms. The van der Waals surface area contributed by atoms with Gasteiger partial charge in [0.15, 0.2) is 0 Å². The van der Waals surface area contributed by atoms with Crippen LogP contribution >= 0.6 is 0 Å². The molecule has 0 fully saturated rings. The van der Waals surface area contributed by atoms with Crippen molar-refractivity contribution in [2.24, 2.45) is 23.7 Å². The normalized spacial score (nSPS) is 17.3. The number of rotatable bonds is 10. The molecule has 0 aliphatic rings. The molecule has 0 aromatic rings. The summed E-state index contributed by atoms with van der Waals surface area (Å²) in [6.45, 7) is 14.2. The van der Waals surface area contributed by atoms with Gasteiger partial charge in [-0.3, -0.25) is 0 Å². The molecule has 0 aromatic heterocycles. The lowest BCUT2D eigenvalue weighted by molar-refractivity contribution is 0.171. The zero-order valence-electron chi connectivity index (χ0n) is 13.7. The molecule has 0 nitrogen and oxygen atoms in total. The van der Waals surface area contributed by atoms with Crippen molar-refractivity contribution >= 4 is 0 Å². The monoisotopic (exact) mass is 252 g/mol. The van der Waals surface area contributed by atoms with Crippen LogP contribution in [-0.2, 0) is 0 Å². The lowest BCUT2D eigenvalue weighted by Crippen LogP contribution is -2.24. The van der Waals surface area contributed by atoms with Gasteiger partial charge in [-0.05, 0) is 49.4 Å². The van der Waals surface area contributed by atoms with Crippen molar-refractivity contribution in [1.29, 1.82) is 0 Å². The highest BCUT2D eigenvalue weighted by Crippen LogP contribution is 2.34. The third-order valence-corrected chi connectivity index (χ3v) is 4.68. The van der Waals surface area contributed by atoms with Crippen LogP contribution in [0.4, 0.5) is 0 Å². The smallest absolute Gasteiger partial charge is 0.0351 e. The fourth-order valence-electron chi connectivity index (χ4n) is 3.13. The topological polar surface area (TPSA) is 0 Å². The summed E-state index contributed by atoms with van der Waals surface area (Å²) in [6.07, 6.45) is 12.6. The molecule has 0 aromatic carbocycles. The molecule has 18 heavy (non-hydrogen) atoms. The molecule has 0 rings (SSSR count). The second-order valence-corrected chi connectivity index (χ2v) is 6.15. The van der Waals surface area contributed by atoms with E-state index in [1.807, 2.05) is 0 Å². The van der Waals surface area contributed by atoms with Crippen molar-refractivity contribution in [1.82, 2.24) is 0 Å². The van der Waals surface area contributed by atoms with E-state index in [1.54, 1.807) is 0 Å². The fourth-order valence-corrected chi connectivity index (χ4v) is 3.13. The lowest BCUT2D eigenvalue weighted by Gasteiger charge is -2.33. The summed E-state index contributed by atoms with van der Waals surface area (Å²) < 4.78 is 0. The van der Waals surface area contributed by atoms with Crippen LogP contribution in [0.5, 0.6) is 0 Å². The van der Waals surface area contributed by atoms with Crippen LogP contribution < -0.4 is 0 Å². The summed E-state index contributed by atoms with van der Waals surface area (Å²) in [5.74, 6) is 3.54. The first-order valence-electron chi connectivity index (χ1n) is 8.23. The van der Waals surface area contributed by atoms with Crippen LogP contribution in [0.3, 0.4) is 0 Å². The average molecular weight is 252 g/mol. The summed E-state index contributed by atoms with van der Waals surface area (Å²) in [6, 6.07) is 0. The van der Waals surface area contributed by atoms with Gasteiger partial charge in [0.05, 0.1) is 0 Å². The molecule has 108 valence electrons. The maximum atomic E-state index is 2.46. The summed E-state index contributed by atoms with van der Waals surface area (Å²) in [7, 11) is 0. The lowest BCUT2D eigenvalue weighted by atomic mass is 9.73. The van der Waals surface area contributed by atoms with Gasteiger partial charge in [0.25, 0.3) is 0 Å². The highest BCUT2D eigenvalue weighted by atomic mass is 14.3. The van der Waals surface area contributed by atoms with E-state index in [2.05, 4.69) is 53.7 Å². The second kappa shape index (κ2) is 10.6. The minimum Gasteiger partial charge on any atom is -0.0888 e. The molecular weight excluding hydrogens is 216 g/mol. The number of allylic oxidation sites excluding steroid dienone is 2. The van der Waals surface area contributed by atoms with Gasteiger partial charge < -0.3 is 0 Å². The first kappa shape index (κ1) is 17.7. The Morgan fingerprint density at radius 2 is 1.56 bits per heavy atom. The summed E-state index contributed by atoms with van der Waals surface area (Å²) in [5, 5.41) is 0. The van der Waals surface area contributed by atoms with Crippen LogP contribution in [0.15, 0.2) is 12.2 Å². The van der Waals surface area contributed by atoms with Crippen LogP contribution in [-0.4, -0.2) is 0 Å². The van der Waals surface area contributed by atoms with E-state index >= 15 is 0 Å². The summed E-state index contributed by atoms with van der Waals surface area (Å²) in [5.41, 5.74) is 0. The maximum Gasteiger partial charge on any atom is -0.0351 e. The van der Waals surface area contributed by atoms with E-state index in [0.717, 1.165) is 23.7 Å². The third-order valence-electron chi connectivity index (χ3n) is 4.68. The molecule has 0 heterocycles. The molecular formula is C18H36. The molecule has 3 atom stereocenters. The minimum absolute atomic E-state index is 0.823. The molecule has 0 aliphatic heterocycles. The molecule has 0 N–H and O–H groups in total. The fraction of sp³-hybridized carbons (Fsp3) is 0.889. The second-order valence-electron chi connectivity index (χ2n) is 6.15. The largest absolute Gasteiger partial charge is 0.0888 e. The third kappa shape index (κ3) is 6.61. The Kier molecular flexibility index (Phi) is 10.5. The average Bonchev–Trinajstić information content (AvgIpc) is 2.36. The molecule has 0 amide bonds. The van der Waals surface area contributed by atoms with Gasteiger partial charge in [-0.2, -0.15) is 0 Å². The zero-order chi connectivity index (χ0) is 14.0. The SMILES string of the molecule is CCC=CCCCC(CC)C(CC)C(C)C(C)C. The Balaban J connectivity index is 4.22. The van der Waals surface area contributed by atoms with Crippen molar-refractivity contribution in [3.63, 3.8) is 0 Å². The quantitative estimate of drug-likeness (QED) is 0.309. The van der Waals surface area contributed by atoms with E-state index < -0.39 is 0 Å². The van der Waals surface area contributed by atoms with E-state index in [4.69, 9.17) is 0 Å². The van der Waals surface area contributed by atoms with Crippen LogP contribution in [0.2, 0.25) is 0 Å². The van der Waals surface area contributed by atoms with Gasteiger partial charge in [-0.1, -0.05) is 66.5 Å². The molecule has 0 aliphatic carbocycles. The summed E-state index contributed by atoms with van der Waals surface area (Å²) in [4.78, 5) is 0. The molecule has 0 radical (unpaired) electrons. The highest BCUT2D eigenvalue weighted by Gasteiger charge is 2.25. The van der Waals surface area contributed by atoms with E-state index in [-0.39, 0.29) is 0 Å². The molecule has 3 unspecified atom stereocenters. The Bertz CT molecular complexity index is 202. The van der Waals surface area contributed by atoms with E-state index in [0.29, 0.717) is 0 Å².